The zero-order valence-electron chi connectivity index (χ0n) is 11.1. The maximum Gasteiger partial charge on any atom is 0.220 e. The van der Waals surface area contributed by atoms with Gasteiger partial charge in [-0.3, -0.25) is 4.79 Å². The lowest BCUT2D eigenvalue weighted by Gasteiger charge is -2.09. The lowest BCUT2D eigenvalue weighted by atomic mass is 10.0. The van der Waals surface area contributed by atoms with Gasteiger partial charge in [-0.1, -0.05) is 58.3 Å². The maximum atomic E-state index is 10.8. The van der Waals surface area contributed by atoms with E-state index in [4.69, 9.17) is 5.73 Å². The molecule has 4 heteroatoms. The van der Waals surface area contributed by atoms with Gasteiger partial charge in [0.2, 0.25) is 5.91 Å². The molecule has 0 aliphatic carbocycles. The number of nitrogens with one attached hydrogen (secondary N) is 2. The Bertz CT molecular complexity index is 227. The van der Waals surface area contributed by atoms with E-state index in [1.807, 2.05) is 0 Å². The van der Waals surface area contributed by atoms with Crippen molar-refractivity contribution in [2.24, 2.45) is 5.73 Å². The van der Waals surface area contributed by atoms with E-state index >= 15 is 0 Å². The summed E-state index contributed by atoms with van der Waals surface area (Å²) in [5.41, 5.74) is 11.1. The number of hydrogen-bond acceptors (Lipinski definition) is 3. The van der Waals surface area contributed by atoms with Gasteiger partial charge in [-0.05, 0) is 6.42 Å². The van der Waals surface area contributed by atoms with Crippen LogP contribution >= 0.6 is 0 Å². The SMILES string of the molecule is CCCCCCCCCCC1(CC(N)=O)NN1. The Labute approximate surface area is 105 Å². The molecule has 100 valence electrons. The Morgan fingerprint density at radius 2 is 1.53 bits per heavy atom. The molecule has 1 aliphatic heterocycles. The second-order valence-corrected chi connectivity index (χ2v) is 5.20. The molecule has 1 heterocycles. The number of hydrazine groups is 1. The molecule has 1 fully saturated rings. The van der Waals surface area contributed by atoms with Crippen molar-refractivity contribution in [1.29, 1.82) is 0 Å². The molecule has 1 amide bonds. The predicted octanol–water partition coefficient (Wildman–Crippen LogP) is 2.20. The number of rotatable bonds is 11. The van der Waals surface area contributed by atoms with Crippen molar-refractivity contribution >= 4 is 5.91 Å². The molecule has 0 aromatic rings. The smallest absolute Gasteiger partial charge is 0.220 e. The summed E-state index contributed by atoms with van der Waals surface area (Å²) in [5, 5.41) is 0. The van der Waals surface area contributed by atoms with E-state index < -0.39 is 0 Å². The van der Waals surface area contributed by atoms with Gasteiger partial charge < -0.3 is 5.73 Å². The summed E-state index contributed by atoms with van der Waals surface area (Å²) in [4.78, 5) is 10.8. The molecular formula is C13H27N3O. The molecule has 1 saturated heterocycles. The van der Waals surface area contributed by atoms with Crippen LogP contribution in [0, 0.1) is 0 Å². The minimum Gasteiger partial charge on any atom is -0.370 e. The Hall–Kier alpha value is -0.610. The topological polar surface area (TPSA) is 87.0 Å². The van der Waals surface area contributed by atoms with Gasteiger partial charge in [0.1, 0.15) is 5.66 Å². The van der Waals surface area contributed by atoms with E-state index in [2.05, 4.69) is 17.8 Å². The molecule has 1 aliphatic rings. The van der Waals surface area contributed by atoms with E-state index in [1.165, 1.54) is 51.4 Å². The Morgan fingerprint density at radius 1 is 1.00 bits per heavy atom. The predicted molar refractivity (Wildman–Crippen MR) is 70.0 cm³/mol. The first-order chi connectivity index (χ1) is 8.18. The summed E-state index contributed by atoms with van der Waals surface area (Å²) in [5.74, 6) is -0.234. The fourth-order valence-corrected chi connectivity index (χ4v) is 2.25. The normalized spacial score (nSPS) is 17.0. The molecule has 1 rings (SSSR count). The van der Waals surface area contributed by atoms with Crippen LogP contribution in [0.1, 0.15) is 71.1 Å². The fourth-order valence-electron chi connectivity index (χ4n) is 2.25. The number of primary amides is 1. The number of unbranched alkanes of at least 4 members (excludes halogenated alkanes) is 7. The second kappa shape index (κ2) is 7.67. The van der Waals surface area contributed by atoms with Crippen LogP contribution in [0.5, 0.6) is 0 Å². The highest BCUT2D eigenvalue weighted by Crippen LogP contribution is 2.23. The van der Waals surface area contributed by atoms with E-state index in [0.29, 0.717) is 6.42 Å². The minimum absolute atomic E-state index is 0.159. The van der Waals surface area contributed by atoms with Crippen LogP contribution in [-0.2, 0) is 4.79 Å². The molecule has 0 aromatic heterocycles. The van der Waals surface area contributed by atoms with Crippen molar-refractivity contribution < 1.29 is 4.79 Å². The van der Waals surface area contributed by atoms with E-state index in [9.17, 15) is 4.79 Å². The van der Waals surface area contributed by atoms with E-state index in [-0.39, 0.29) is 11.6 Å². The Kier molecular flexibility index (Phi) is 6.52. The van der Waals surface area contributed by atoms with Crippen molar-refractivity contribution in [3.05, 3.63) is 0 Å². The first-order valence-electron chi connectivity index (χ1n) is 7.01. The number of carbonyl (C=O) groups is 1. The van der Waals surface area contributed by atoms with Crippen LogP contribution in [0.2, 0.25) is 0 Å². The monoisotopic (exact) mass is 241 g/mol. The highest BCUT2D eigenvalue weighted by atomic mass is 16.1. The molecule has 4 N–H and O–H groups in total. The summed E-state index contributed by atoms with van der Waals surface area (Å²) < 4.78 is 0. The van der Waals surface area contributed by atoms with Crippen LogP contribution in [0.15, 0.2) is 0 Å². The van der Waals surface area contributed by atoms with Crippen LogP contribution in [0.25, 0.3) is 0 Å². The first kappa shape index (κ1) is 14.5. The van der Waals surface area contributed by atoms with Crippen LogP contribution in [0.4, 0.5) is 0 Å². The number of carbonyl (C=O) groups excluding carboxylic acids is 1. The highest BCUT2D eigenvalue weighted by molar-refractivity contribution is 5.75. The minimum atomic E-state index is -0.234. The molecule has 0 spiro atoms. The lowest BCUT2D eigenvalue weighted by Crippen LogP contribution is -2.26. The van der Waals surface area contributed by atoms with Crippen molar-refractivity contribution in [1.82, 2.24) is 10.9 Å². The fraction of sp³-hybridized carbons (Fsp3) is 0.923. The quantitative estimate of drug-likeness (QED) is 0.383. The largest absolute Gasteiger partial charge is 0.370 e. The lowest BCUT2D eigenvalue weighted by molar-refractivity contribution is -0.118. The van der Waals surface area contributed by atoms with Gasteiger partial charge in [0.05, 0.1) is 6.42 Å². The number of hydrogen-bond donors (Lipinski definition) is 3. The van der Waals surface area contributed by atoms with Gasteiger partial charge in [0.15, 0.2) is 0 Å². The van der Waals surface area contributed by atoms with Gasteiger partial charge >= 0.3 is 0 Å². The molecule has 0 radical (unpaired) electrons. The Morgan fingerprint density at radius 3 is 2.00 bits per heavy atom. The molecule has 0 saturated carbocycles. The molecule has 17 heavy (non-hydrogen) atoms. The Balaban J connectivity index is 1.89. The van der Waals surface area contributed by atoms with Crippen molar-refractivity contribution in [2.45, 2.75) is 76.8 Å². The van der Waals surface area contributed by atoms with Gasteiger partial charge in [-0.15, -0.1) is 0 Å². The third-order valence-electron chi connectivity index (χ3n) is 3.41. The van der Waals surface area contributed by atoms with Gasteiger partial charge in [-0.2, -0.15) is 0 Å². The van der Waals surface area contributed by atoms with Crippen molar-refractivity contribution in [2.75, 3.05) is 0 Å². The summed E-state index contributed by atoms with van der Waals surface area (Å²) in [6, 6.07) is 0. The van der Waals surface area contributed by atoms with Crippen molar-refractivity contribution in [3.63, 3.8) is 0 Å². The van der Waals surface area contributed by atoms with E-state index in [0.717, 1.165) is 6.42 Å². The standard InChI is InChI=1S/C13H27N3O/c1-2-3-4-5-6-7-8-9-10-13(15-16-13)11-12(14)17/h15-16H,2-11H2,1H3,(H2,14,17). The van der Waals surface area contributed by atoms with E-state index in [1.54, 1.807) is 0 Å². The van der Waals surface area contributed by atoms with Crippen LogP contribution in [0.3, 0.4) is 0 Å². The van der Waals surface area contributed by atoms with Crippen molar-refractivity contribution in [3.8, 4) is 0 Å². The molecule has 0 atom stereocenters. The van der Waals surface area contributed by atoms with Crippen LogP contribution in [-0.4, -0.2) is 11.6 Å². The van der Waals surface area contributed by atoms with Gasteiger partial charge in [-0.25, -0.2) is 10.9 Å². The summed E-state index contributed by atoms with van der Waals surface area (Å²) in [7, 11) is 0. The average molecular weight is 241 g/mol. The molecule has 4 nitrogen and oxygen atoms in total. The number of amides is 1. The number of nitrogens with two attached hydrogens (primary N) is 1. The molecular weight excluding hydrogens is 214 g/mol. The third-order valence-corrected chi connectivity index (χ3v) is 3.41. The molecule has 0 bridgehead atoms. The average Bonchev–Trinajstić information content (AvgIpc) is 3.01. The van der Waals surface area contributed by atoms with Gasteiger partial charge in [0.25, 0.3) is 0 Å². The van der Waals surface area contributed by atoms with Crippen LogP contribution < -0.4 is 16.6 Å². The summed E-state index contributed by atoms with van der Waals surface area (Å²) in [6.07, 6.45) is 11.9. The van der Waals surface area contributed by atoms with Gasteiger partial charge in [0, 0.05) is 0 Å². The zero-order valence-corrected chi connectivity index (χ0v) is 11.1. The maximum absolute atomic E-state index is 10.8. The molecule has 0 unspecified atom stereocenters. The second-order valence-electron chi connectivity index (χ2n) is 5.20. The zero-order chi connectivity index (χ0) is 12.6. The molecule has 0 aromatic carbocycles. The third kappa shape index (κ3) is 6.64. The highest BCUT2D eigenvalue weighted by Gasteiger charge is 2.42. The first-order valence-corrected chi connectivity index (χ1v) is 7.01. The summed E-state index contributed by atoms with van der Waals surface area (Å²) >= 11 is 0. The summed E-state index contributed by atoms with van der Waals surface area (Å²) in [6.45, 7) is 2.24.